The van der Waals surface area contributed by atoms with Crippen molar-refractivity contribution in [2.45, 2.75) is 50.1 Å². The second kappa shape index (κ2) is 5.62. The summed E-state index contributed by atoms with van der Waals surface area (Å²) in [5.41, 5.74) is 5.53. The maximum atomic E-state index is 10.7. The summed E-state index contributed by atoms with van der Waals surface area (Å²) in [6, 6.07) is 0. The first-order chi connectivity index (χ1) is 8.19. The zero-order valence-electron chi connectivity index (χ0n) is 9.75. The van der Waals surface area contributed by atoms with E-state index in [0.717, 1.165) is 19.3 Å². The molecule has 0 aromatic carbocycles. The van der Waals surface area contributed by atoms with Crippen molar-refractivity contribution in [3.05, 3.63) is 12.2 Å². The van der Waals surface area contributed by atoms with Gasteiger partial charge < -0.3 is 20.3 Å². The van der Waals surface area contributed by atoms with Gasteiger partial charge in [-0.15, -0.1) is 0 Å². The Kier molecular flexibility index (Phi) is 4.15. The normalized spacial score (nSPS) is 37.9. The van der Waals surface area contributed by atoms with Crippen molar-refractivity contribution >= 4 is 5.97 Å². The zero-order chi connectivity index (χ0) is 12.3. The number of carboxylic acid groups (broad SMARTS) is 1. The first kappa shape index (κ1) is 12.5. The molecule has 0 bridgehead atoms. The van der Waals surface area contributed by atoms with E-state index in [1.165, 1.54) is 0 Å². The lowest BCUT2D eigenvalue weighted by molar-refractivity contribution is -0.148. The quantitative estimate of drug-likeness (QED) is 0.707. The molecule has 5 heteroatoms. The third-order valence-corrected chi connectivity index (χ3v) is 3.27. The summed E-state index contributed by atoms with van der Waals surface area (Å²) in [4.78, 5) is 10.7. The van der Waals surface area contributed by atoms with Gasteiger partial charge in [0.05, 0.1) is 18.3 Å². The van der Waals surface area contributed by atoms with E-state index in [2.05, 4.69) is 0 Å². The molecule has 17 heavy (non-hydrogen) atoms. The van der Waals surface area contributed by atoms with Gasteiger partial charge in [0.1, 0.15) is 0 Å². The van der Waals surface area contributed by atoms with Gasteiger partial charge >= 0.3 is 5.97 Å². The molecular weight excluding hydrogens is 222 g/mol. The molecule has 0 aliphatic carbocycles. The smallest absolute Gasteiger partial charge is 0.332 e. The lowest BCUT2D eigenvalue weighted by Gasteiger charge is -2.10. The number of carbonyl (C=O) groups is 1. The fourth-order valence-corrected chi connectivity index (χ4v) is 2.28. The largest absolute Gasteiger partial charge is 0.479 e. The van der Waals surface area contributed by atoms with E-state index < -0.39 is 12.1 Å². The Morgan fingerprint density at radius 1 is 1.18 bits per heavy atom. The molecule has 96 valence electrons. The standard InChI is InChI=1S/C12H19NO4/c13-7-10-4-3-8(16-10)1-2-9-5-6-11(17-9)12(14)15/h1-2,8-11H,3-7,13H2,(H,14,15)/b2-1-. The molecule has 2 fully saturated rings. The molecule has 2 aliphatic rings. The molecule has 5 nitrogen and oxygen atoms in total. The van der Waals surface area contributed by atoms with E-state index in [9.17, 15) is 4.79 Å². The van der Waals surface area contributed by atoms with Crippen LogP contribution in [0.4, 0.5) is 0 Å². The van der Waals surface area contributed by atoms with Gasteiger partial charge in [0, 0.05) is 6.54 Å². The van der Waals surface area contributed by atoms with Crippen LogP contribution in [0.3, 0.4) is 0 Å². The Morgan fingerprint density at radius 2 is 1.82 bits per heavy atom. The summed E-state index contributed by atoms with van der Waals surface area (Å²) in [7, 11) is 0. The first-order valence-electron chi connectivity index (χ1n) is 6.11. The summed E-state index contributed by atoms with van der Waals surface area (Å²) in [5, 5.41) is 8.79. The van der Waals surface area contributed by atoms with E-state index in [0.29, 0.717) is 13.0 Å². The van der Waals surface area contributed by atoms with Crippen LogP contribution in [0.5, 0.6) is 0 Å². The van der Waals surface area contributed by atoms with Gasteiger partial charge in [-0.2, -0.15) is 0 Å². The summed E-state index contributed by atoms with van der Waals surface area (Å²) in [6.45, 7) is 0.561. The van der Waals surface area contributed by atoms with E-state index >= 15 is 0 Å². The summed E-state index contributed by atoms with van der Waals surface area (Å²) in [6.07, 6.45) is 6.76. The minimum atomic E-state index is -0.874. The summed E-state index contributed by atoms with van der Waals surface area (Å²) in [5.74, 6) is -0.874. The van der Waals surface area contributed by atoms with Crippen molar-refractivity contribution in [1.29, 1.82) is 0 Å². The lowest BCUT2D eigenvalue weighted by atomic mass is 10.1. The highest BCUT2D eigenvalue weighted by Gasteiger charge is 2.29. The van der Waals surface area contributed by atoms with Crippen LogP contribution in [-0.2, 0) is 14.3 Å². The number of carboxylic acids is 1. The van der Waals surface area contributed by atoms with Crippen molar-refractivity contribution in [3.8, 4) is 0 Å². The highest BCUT2D eigenvalue weighted by atomic mass is 16.5. The van der Waals surface area contributed by atoms with Crippen LogP contribution in [-0.4, -0.2) is 42.0 Å². The zero-order valence-corrected chi connectivity index (χ0v) is 9.75. The SMILES string of the molecule is NCC1CCC(/C=C\C2CCC(C(=O)O)O2)O1. The predicted octanol–water partition coefficient (Wildman–Crippen LogP) is 0.681. The average Bonchev–Trinajstić information content (AvgIpc) is 2.95. The molecule has 2 aliphatic heterocycles. The number of hydrogen-bond donors (Lipinski definition) is 2. The van der Waals surface area contributed by atoms with E-state index in [4.69, 9.17) is 20.3 Å². The molecule has 0 radical (unpaired) electrons. The fourth-order valence-electron chi connectivity index (χ4n) is 2.28. The van der Waals surface area contributed by atoms with Crippen LogP contribution in [0.1, 0.15) is 25.7 Å². The van der Waals surface area contributed by atoms with Gasteiger partial charge in [-0.1, -0.05) is 12.2 Å². The Labute approximate surface area is 101 Å². The monoisotopic (exact) mass is 241 g/mol. The van der Waals surface area contributed by atoms with Gasteiger partial charge in [0.15, 0.2) is 6.10 Å². The third-order valence-electron chi connectivity index (χ3n) is 3.27. The van der Waals surface area contributed by atoms with E-state index in [1.54, 1.807) is 0 Å². The van der Waals surface area contributed by atoms with Gasteiger partial charge in [0.25, 0.3) is 0 Å². The van der Waals surface area contributed by atoms with Gasteiger partial charge in [0.2, 0.25) is 0 Å². The highest BCUT2D eigenvalue weighted by molar-refractivity contribution is 5.72. The predicted molar refractivity (Wildman–Crippen MR) is 61.6 cm³/mol. The average molecular weight is 241 g/mol. The molecule has 0 amide bonds. The van der Waals surface area contributed by atoms with Crippen LogP contribution in [0.2, 0.25) is 0 Å². The molecule has 3 N–H and O–H groups in total. The number of rotatable bonds is 4. The molecule has 0 aromatic heterocycles. The Bertz CT molecular complexity index is 305. The number of nitrogens with two attached hydrogens (primary N) is 1. The van der Waals surface area contributed by atoms with Crippen molar-refractivity contribution in [2.75, 3.05) is 6.54 Å². The van der Waals surface area contributed by atoms with E-state index in [-0.39, 0.29) is 18.3 Å². The van der Waals surface area contributed by atoms with E-state index in [1.807, 2.05) is 12.2 Å². The number of hydrogen-bond acceptors (Lipinski definition) is 4. The second-order valence-corrected chi connectivity index (χ2v) is 4.57. The lowest BCUT2D eigenvalue weighted by Crippen LogP contribution is -2.20. The molecule has 0 spiro atoms. The van der Waals surface area contributed by atoms with Crippen LogP contribution in [0.25, 0.3) is 0 Å². The first-order valence-corrected chi connectivity index (χ1v) is 6.11. The molecule has 0 saturated carbocycles. The molecule has 2 rings (SSSR count). The van der Waals surface area contributed by atoms with Crippen molar-refractivity contribution in [1.82, 2.24) is 0 Å². The van der Waals surface area contributed by atoms with Gasteiger partial charge in [-0.25, -0.2) is 4.79 Å². The summed E-state index contributed by atoms with van der Waals surface area (Å²) >= 11 is 0. The molecule has 4 unspecified atom stereocenters. The maximum Gasteiger partial charge on any atom is 0.332 e. The minimum absolute atomic E-state index is 0.0865. The van der Waals surface area contributed by atoms with Crippen LogP contribution in [0.15, 0.2) is 12.2 Å². The third kappa shape index (κ3) is 3.28. The molecule has 2 heterocycles. The minimum Gasteiger partial charge on any atom is -0.479 e. The van der Waals surface area contributed by atoms with Crippen LogP contribution >= 0.6 is 0 Å². The van der Waals surface area contributed by atoms with Crippen molar-refractivity contribution in [3.63, 3.8) is 0 Å². The fraction of sp³-hybridized carbons (Fsp3) is 0.750. The molecular formula is C12H19NO4. The molecule has 0 aromatic rings. The van der Waals surface area contributed by atoms with Crippen LogP contribution in [0, 0.1) is 0 Å². The Hall–Kier alpha value is -0.910. The molecule has 4 atom stereocenters. The topological polar surface area (TPSA) is 81.8 Å². The van der Waals surface area contributed by atoms with Crippen molar-refractivity contribution < 1.29 is 19.4 Å². The number of ether oxygens (including phenoxy) is 2. The Morgan fingerprint density at radius 3 is 2.35 bits per heavy atom. The van der Waals surface area contributed by atoms with Gasteiger partial charge in [-0.05, 0) is 25.7 Å². The second-order valence-electron chi connectivity index (χ2n) is 4.57. The molecule has 2 saturated heterocycles. The maximum absolute atomic E-state index is 10.7. The summed E-state index contributed by atoms with van der Waals surface area (Å²) < 4.78 is 11.0. The van der Waals surface area contributed by atoms with Gasteiger partial charge in [-0.3, -0.25) is 0 Å². The Balaban J connectivity index is 1.76. The highest BCUT2D eigenvalue weighted by Crippen LogP contribution is 2.23. The van der Waals surface area contributed by atoms with Crippen molar-refractivity contribution in [2.24, 2.45) is 5.73 Å². The van der Waals surface area contributed by atoms with Crippen LogP contribution < -0.4 is 5.73 Å². The number of aliphatic carboxylic acids is 1.